The Labute approximate surface area is 98.8 Å². The second kappa shape index (κ2) is 5.10. The van der Waals surface area contributed by atoms with Crippen molar-refractivity contribution in [3.8, 4) is 0 Å². The van der Waals surface area contributed by atoms with E-state index in [1.807, 2.05) is 6.07 Å². The van der Waals surface area contributed by atoms with Gasteiger partial charge in [0.25, 0.3) is 0 Å². The Hall–Kier alpha value is -0.380. The molecule has 2 nitrogen and oxygen atoms in total. The van der Waals surface area contributed by atoms with E-state index < -0.39 is 0 Å². The van der Waals surface area contributed by atoms with E-state index in [9.17, 15) is 0 Å². The zero-order chi connectivity index (χ0) is 10.7. The minimum atomic E-state index is 0.256. The first-order chi connectivity index (χ1) is 7.29. The van der Waals surface area contributed by atoms with E-state index in [-0.39, 0.29) is 6.61 Å². The number of halogens is 1. The Morgan fingerprint density at radius 2 is 2.20 bits per heavy atom. The van der Waals surface area contributed by atoms with Gasteiger partial charge >= 0.3 is 0 Å². The van der Waals surface area contributed by atoms with Crippen LogP contribution >= 0.6 is 15.9 Å². The molecule has 0 bridgehead atoms. The molecule has 0 spiro atoms. The van der Waals surface area contributed by atoms with Gasteiger partial charge < -0.3 is 10.4 Å². The van der Waals surface area contributed by atoms with Crippen molar-refractivity contribution in [2.24, 2.45) is 5.92 Å². The molecule has 1 aliphatic rings. The van der Waals surface area contributed by atoms with Gasteiger partial charge in [-0.2, -0.15) is 0 Å². The summed E-state index contributed by atoms with van der Waals surface area (Å²) in [5.74, 6) is 0.654. The largest absolute Gasteiger partial charge is 0.395 e. The zero-order valence-electron chi connectivity index (χ0n) is 8.62. The normalized spacial score (nSPS) is 25.7. The van der Waals surface area contributed by atoms with Crippen LogP contribution in [0.1, 0.15) is 12.0 Å². The third kappa shape index (κ3) is 2.80. The van der Waals surface area contributed by atoms with Crippen LogP contribution in [0, 0.1) is 5.92 Å². The van der Waals surface area contributed by atoms with Crippen LogP contribution < -0.4 is 5.32 Å². The van der Waals surface area contributed by atoms with Crippen molar-refractivity contribution in [3.63, 3.8) is 0 Å². The first kappa shape index (κ1) is 11.1. The van der Waals surface area contributed by atoms with E-state index >= 15 is 0 Å². The fraction of sp³-hybridized carbons (Fsp3) is 0.500. The SMILES string of the molecule is OCC1CC(Cc2ccccc2Br)CN1. The number of aliphatic hydroxyl groups is 1. The average Bonchev–Trinajstić information content (AvgIpc) is 2.69. The molecule has 1 fully saturated rings. The first-order valence-electron chi connectivity index (χ1n) is 5.37. The van der Waals surface area contributed by atoms with Crippen molar-refractivity contribution >= 4 is 15.9 Å². The molecular weight excluding hydrogens is 254 g/mol. The molecule has 1 saturated heterocycles. The molecule has 3 heteroatoms. The molecule has 2 N–H and O–H groups in total. The van der Waals surface area contributed by atoms with Gasteiger partial charge in [0.15, 0.2) is 0 Å². The number of nitrogens with one attached hydrogen (secondary N) is 1. The van der Waals surface area contributed by atoms with Gasteiger partial charge in [-0.15, -0.1) is 0 Å². The van der Waals surface area contributed by atoms with Crippen LogP contribution in [-0.2, 0) is 6.42 Å². The van der Waals surface area contributed by atoms with Crippen molar-refractivity contribution in [1.82, 2.24) is 5.32 Å². The summed E-state index contributed by atoms with van der Waals surface area (Å²) in [4.78, 5) is 0. The fourth-order valence-corrected chi connectivity index (χ4v) is 2.62. The third-order valence-electron chi connectivity index (χ3n) is 3.00. The third-order valence-corrected chi connectivity index (χ3v) is 3.77. The van der Waals surface area contributed by atoms with Crippen molar-refractivity contribution in [2.75, 3.05) is 13.2 Å². The Balaban J connectivity index is 1.96. The molecule has 1 heterocycles. The number of hydrogen-bond acceptors (Lipinski definition) is 2. The minimum absolute atomic E-state index is 0.256. The summed E-state index contributed by atoms with van der Waals surface area (Å²) in [5, 5.41) is 12.4. The molecule has 15 heavy (non-hydrogen) atoms. The van der Waals surface area contributed by atoms with Gasteiger partial charge in [-0.1, -0.05) is 34.1 Å². The highest BCUT2D eigenvalue weighted by Crippen LogP contribution is 2.23. The van der Waals surface area contributed by atoms with E-state index in [1.165, 1.54) is 10.0 Å². The van der Waals surface area contributed by atoms with Gasteiger partial charge in [-0.3, -0.25) is 0 Å². The van der Waals surface area contributed by atoms with Crippen LogP contribution in [0.4, 0.5) is 0 Å². The summed E-state index contributed by atoms with van der Waals surface area (Å²) >= 11 is 3.57. The molecule has 1 aliphatic heterocycles. The quantitative estimate of drug-likeness (QED) is 0.880. The second-order valence-electron chi connectivity index (χ2n) is 4.19. The van der Waals surface area contributed by atoms with Crippen LogP contribution in [0.2, 0.25) is 0 Å². The number of rotatable bonds is 3. The monoisotopic (exact) mass is 269 g/mol. The fourth-order valence-electron chi connectivity index (χ4n) is 2.17. The Morgan fingerprint density at radius 3 is 2.87 bits per heavy atom. The lowest BCUT2D eigenvalue weighted by molar-refractivity contribution is 0.253. The lowest BCUT2D eigenvalue weighted by Crippen LogP contribution is -2.24. The molecule has 82 valence electrons. The molecule has 0 amide bonds. The van der Waals surface area contributed by atoms with Crippen LogP contribution in [-0.4, -0.2) is 24.3 Å². The van der Waals surface area contributed by atoms with Crippen LogP contribution in [0.15, 0.2) is 28.7 Å². The van der Waals surface area contributed by atoms with E-state index in [0.29, 0.717) is 12.0 Å². The molecule has 2 unspecified atom stereocenters. The standard InChI is InChI=1S/C12H16BrNO/c13-12-4-2-1-3-10(12)5-9-6-11(8-15)14-7-9/h1-4,9,11,14-15H,5-8H2. The molecule has 1 aromatic carbocycles. The first-order valence-corrected chi connectivity index (χ1v) is 6.16. The number of benzene rings is 1. The number of aliphatic hydroxyl groups excluding tert-OH is 1. The molecule has 2 rings (SSSR count). The molecule has 0 aliphatic carbocycles. The smallest absolute Gasteiger partial charge is 0.0584 e. The highest BCUT2D eigenvalue weighted by atomic mass is 79.9. The molecule has 2 atom stereocenters. The number of hydrogen-bond donors (Lipinski definition) is 2. The van der Waals surface area contributed by atoms with Gasteiger partial charge in [0.05, 0.1) is 6.61 Å². The van der Waals surface area contributed by atoms with Gasteiger partial charge in [0, 0.05) is 10.5 Å². The summed E-state index contributed by atoms with van der Waals surface area (Å²) in [7, 11) is 0. The van der Waals surface area contributed by atoms with Crippen LogP contribution in [0.3, 0.4) is 0 Å². The maximum atomic E-state index is 9.03. The van der Waals surface area contributed by atoms with E-state index in [1.54, 1.807) is 0 Å². The lowest BCUT2D eigenvalue weighted by Gasteiger charge is -2.10. The van der Waals surface area contributed by atoms with Crippen molar-refractivity contribution in [1.29, 1.82) is 0 Å². The average molecular weight is 270 g/mol. The van der Waals surface area contributed by atoms with Gasteiger partial charge in [-0.25, -0.2) is 0 Å². The predicted molar refractivity (Wildman–Crippen MR) is 64.8 cm³/mol. The van der Waals surface area contributed by atoms with Crippen LogP contribution in [0.5, 0.6) is 0 Å². The molecule has 0 aromatic heterocycles. The van der Waals surface area contributed by atoms with E-state index in [0.717, 1.165) is 19.4 Å². The van der Waals surface area contributed by atoms with Gasteiger partial charge in [0.2, 0.25) is 0 Å². The second-order valence-corrected chi connectivity index (χ2v) is 5.04. The summed E-state index contributed by atoms with van der Waals surface area (Å²) < 4.78 is 1.19. The highest BCUT2D eigenvalue weighted by Gasteiger charge is 2.23. The lowest BCUT2D eigenvalue weighted by atomic mass is 9.97. The molecule has 1 aromatic rings. The van der Waals surface area contributed by atoms with Crippen molar-refractivity contribution in [3.05, 3.63) is 34.3 Å². The van der Waals surface area contributed by atoms with Gasteiger partial charge in [-0.05, 0) is 36.9 Å². The minimum Gasteiger partial charge on any atom is -0.395 e. The maximum absolute atomic E-state index is 9.03. The summed E-state index contributed by atoms with van der Waals surface area (Å²) in [6.45, 7) is 1.28. The predicted octanol–water partition coefficient (Wildman–Crippen LogP) is 1.96. The summed E-state index contributed by atoms with van der Waals surface area (Å²) in [5.41, 5.74) is 1.36. The van der Waals surface area contributed by atoms with Crippen molar-refractivity contribution < 1.29 is 5.11 Å². The highest BCUT2D eigenvalue weighted by molar-refractivity contribution is 9.10. The molecule has 0 radical (unpaired) electrons. The van der Waals surface area contributed by atoms with Crippen molar-refractivity contribution in [2.45, 2.75) is 18.9 Å². The Morgan fingerprint density at radius 1 is 1.40 bits per heavy atom. The summed E-state index contributed by atoms with van der Waals surface area (Å²) in [6, 6.07) is 8.66. The Kier molecular flexibility index (Phi) is 3.78. The van der Waals surface area contributed by atoms with Gasteiger partial charge in [0.1, 0.15) is 0 Å². The van der Waals surface area contributed by atoms with E-state index in [4.69, 9.17) is 5.11 Å². The summed E-state index contributed by atoms with van der Waals surface area (Å²) in [6.07, 6.45) is 2.17. The Bertz CT molecular complexity index is 329. The van der Waals surface area contributed by atoms with E-state index in [2.05, 4.69) is 39.4 Å². The molecule has 0 saturated carbocycles. The zero-order valence-corrected chi connectivity index (χ0v) is 10.2. The maximum Gasteiger partial charge on any atom is 0.0584 e. The molecular formula is C12H16BrNO. The topological polar surface area (TPSA) is 32.3 Å². The van der Waals surface area contributed by atoms with Crippen LogP contribution in [0.25, 0.3) is 0 Å².